The molecule has 7 nitrogen and oxygen atoms in total. The van der Waals surface area contributed by atoms with Crippen LogP contribution in [0.1, 0.15) is 24.8 Å². The van der Waals surface area contributed by atoms with Gasteiger partial charge in [-0.25, -0.2) is 9.98 Å². The van der Waals surface area contributed by atoms with Crippen LogP contribution in [0, 0.1) is 17.8 Å². The lowest BCUT2D eigenvalue weighted by Gasteiger charge is -2.30. The first kappa shape index (κ1) is 20.6. The van der Waals surface area contributed by atoms with Crippen molar-refractivity contribution in [2.24, 2.45) is 22.7 Å². The van der Waals surface area contributed by atoms with Crippen LogP contribution in [-0.4, -0.2) is 39.6 Å². The van der Waals surface area contributed by atoms with Gasteiger partial charge in [0.15, 0.2) is 0 Å². The van der Waals surface area contributed by atoms with Crippen molar-refractivity contribution in [3.63, 3.8) is 0 Å². The van der Waals surface area contributed by atoms with Gasteiger partial charge < -0.3 is 15.4 Å². The van der Waals surface area contributed by atoms with E-state index in [-0.39, 0.29) is 49.3 Å². The number of nitrogens with zero attached hydrogens (tertiary/aromatic N) is 2. The van der Waals surface area contributed by atoms with Crippen molar-refractivity contribution in [3.05, 3.63) is 35.8 Å². The van der Waals surface area contributed by atoms with E-state index in [9.17, 15) is 9.90 Å². The topological polar surface area (TPSA) is 102 Å². The number of carbonyl (C=O) groups excluding carboxylic acids is 1. The number of H-pyrrole nitrogens is 1. The molecule has 1 amide bonds. The Balaban J connectivity index is 0.00000112. The number of fused-ring (bicyclic) bond motifs is 3. The lowest BCUT2D eigenvalue weighted by atomic mass is 9.85. The summed E-state index contributed by atoms with van der Waals surface area (Å²) in [5.41, 5.74) is 2.05. The van der Waals surface area contributed by atoms with Gasteiger partial charge in [-0.15, -0.1) is 24.8 Å². The van der Waals surface area contributed by atoms with Gasteiger partial charge in [0.25, 0.3) is 5.91 Å². The van der Waals surface area contributed by atoms with Crippen molar-refractivity contribution >= 4 is 53.8 Å². The summed E-state index contributed by atoms with van der Waals surface area (Å²) < 4.78 is 0. The molecule has 2 aromatic heterocycles. The molecule has 150 valence electrons. The SMILES string of the molecule is Cl.Cl.O=C1NC(N[C@H]2[C@@H]3CC[C@@H](C3)[C@@H]2CO)=NC1=Cc1c[nH]c2ncccc12. The molecule has 2 aromatic rings. The van der Waals surface area contributed by atoms with Gasteiger partial charge in [0, 0.05) is 41.9 Å². The Bertz CT molecular complexity index is 941. The van der Waals surface area contributed by atoms with Crippen LogP contribution in [0.3, 0.4) is 0 Å². The summed E-state index contributed by atoms with van der Waals surface area (Å²) in [6, 6.07) is 4.02. The fourth-order valence-corrected chi connectivity index (χ4v) is 4.84. The molecule has 4 atom stereocenters. The van der Waals surface area contributed by atoms with Gasteiger partial charge in [0.1, 0.15) is 11.3 Å². The lowest BCUT2D eigenvalue weighted by Crippen LogP contribution is -2.49. The zero-order valence-corrected chi connectivity index (χ0v) is 16.7. The molecule has 3 heterocycles. The molecule has 5 rings (SSSR count). The molecule has 9 heteroatoms. The molecule has 0 saturated heterocycles. The van der Waals surface area contributed by atoms with E-state index in [4.69, 9.17) is 0 Å². The highest BCUT2D eigenvalue weighted by molar-refractivity contribution is 6.14. The molecule has 0 unspecified atom stereocenters. The monoisotopic (exact) mass is 423 g/mol. The summed E-state index contributed by atoms with van der Waals surface area (Å²) in [7, 11) is 0. The smallest absolute Gasteiger partial charge is 0.276 e. The molecule has 2 aliphatic carbocycles. The Kier molecular flexibility index (Phi) is 5.98. The van der Waals surface area contributed by atoms with E-state index in [1.54, 1.807) is 12.3 Å². The fraction of sp³-hybridized carbons (Fsp3) is 0.421. The first-order valence-electron chi connectivity index (χ1n) is 9.14. The summed E-state index contributed by atoms with van der Waals surface area (Å²) in [5.74, 6) is 1.68. The third-order valence-corrected chi connectivity index (χ3v) is 6.07. The van der Waals surface area contributed by atoms with E-state index in [0.29, 0.717) is 23.5 Å². The van der Waals surface area contributed by atoms with E-state index in [0.717, 1.165) is 23.0 Å². The number of aliphatic imine (C=N–C) groups is 1. The highest BCUT2D eigenvalue weighted by atomic mass is 35.5. The van der Waals surface area contributed by atoms with Gasteiger partial charge in [-0.1, -0.05) is 0 Å². The van der Waals surface area contributed by atoms with Crippen LogP contribution < -0.4 is 10.6 Å². The maximum Gasteiger partial charge on any atom is 0.276 e. The van der Waals surface area contributed by atoms with Crippen LogP contribution in [0.4, 0.5) is 0 Å². The number of halogens is 2. The molecule has 0 radical (unpaired) electrons. The standard InChI is InChI=1S/C19H21N5O2.2ClH/c25-9-14-10-3-4-11(6-10)16(14)23-19-22-15(18(26)24-19)7-12-8-21-17-13(12)2-1-5-20-17;;/h1-2,5,7-8,10-11,14,16,25H,3-4,6,9H2,(H,20,21)(H2,22,23,24,26);2*1H/t10-,11+,14-,16-;;/m0../s1. The van der Waals surface area contributed by atoms with Crippen LogP contribution in [0.15, 0.2) is 35.2 Å². The Morgan fingerprint density at radius 1 is 1.29 bits per heavy atom. The summed E-state index contributed by atoms with van der Waals surface area (Å²) in [5, 5.41) is 16.9. The minimum atomic E-state index is -0.213. The largest absolute Gasteiger partial charge is 0.396 e. The van der Waals surface area contributed by atoms with Gasteiger partial charge in [0.05, 0.1) is 0 Å². The number of aromatic nitrogens is 2. The number of aliphatic hydroxyl groups is 1. The molecule has 0 aromatic carbocycles. The maximum atomic E-state index is 12.3. The van der Waals surface area contributed by atoms with E-state index < -0.39 is 0 Å². The van der Waals surface area contributed by atoms with Gasteiger partial charge in [-0.3, -0.25) is 10.1 Å². The third kappa shape index (κ3) is 3.38. The highest BCUT2D eigenvalue weighted by Crippen LogP contribution is 2.48. The van der Waals surface area contributed by atoms with E-state index in [1.807, 2.05) is 18.3 Å². The molecule has 2 bridgehead atoms. The van der Waals surface area contributed by atoms with Crippen LogP contribution in [0.25, 0.3) is 17.1 Å². The Morgan fingerprint density at radius 3 is 2.93 bits per heavy atom. The number of guanidine groups is 1. The lowest BCUT2D eigenvalue weighted by molar-refractivity contribution is -0.115. The normalized spacial score (nSPS) is 29.4. The van der Waals surface area contributed by atoms with Gasteiger partial charge in [-0.05, 0) is 49.3 Å². The van der Waals surface area contributed by atoms with E-state index in [1.165, 1.54) is 12.8 Å². The first-order valence-corrected chi connectivity index (χ1v) is 9.14. The average Bonchev–Trinajstić information content (AvgIpc) is 3.41. The number of nitrogens with one attached hydrogen (secondary N) is 3. The van der Waals surface area contributed by atoms with Crippen molar-refractivity contribution in [2.45, 2.75) is 25.3 Å². The minimum Gasteiger partial charge on any atom is -0.396 e. The zero-order chi connectivity index (χ0) is 17.7. The molecule has 2 saturated carbocycles. The number of pyridine rings is 1. The number of amides is 1. The predicted octanol–water partition coefficient (Wildman–Crippen LogP) is 2.23. The summed E-state index contributed by atoms with van der Waals surface area (Å²) in [4.78, 5) is 24.1. The Hall–Kier alpha value is -2.09. The van der Waals surface area contributed by atoms with Crippen molar-refractivity contribution in [2.75, 3.05) is 6.61 Å². The number of carbonyl (C=O) groups is 1. The molecule has 1 aliphatic heterocycles. The highest BCUT2D eigenvalue weighted by Gasteiger charge is 2.47. The zero-order valence-electron chi connectivity index (χ0n) is 15.1. The quantitative estimate of drug-likeness (QED) is 0.568. The van der Waals surface area contributed by atoms with Crippen molar-refractivity contribution in [3.8, 4) is 0 Å². The van der Waals surface area contributed by atoms with Gasteiger partial charge in [-0.2, -0.15) is 0 Å². The number of hydrogen-bond acceptors (Lipinski definition) is 5. The Labute approximate surface area is 174 Å². The second kappa shape index (κ2) is 8.11. The number of hydrogen-bond donors (Lipinski definition) is 4. The van der Waals surface area contributed by atoms with Crippen LogP contribution >= 0.6 is 24.8 Å². The summed E-state index contributed by atoms with van der Waals surface area (Å²) in [6.07, 6.45) is 8.88. The van der Waals surface area contributed by atoms with Crippen molar-refractivity contribution < 1.29 is 9.90 Å². The summed E-state index contributed by atoms with van der Waals surface area (Å²) >= 11 is 0. The van der Waals surface area contributed by atoms with E-state index in [2.05, 4.69) is 25.6 Å². The van der Waals surface area contributed by atoms with E-state index >= 15 is 0 Å². The molecule has 3 aliphatic rings. The van der Waals surface area contributed by atoms with Crippen molar-refractivity contribution in [1.82, 2.24) is 20.6 Å². The molecule has 4 N–H and O–H groups in total. The number of aliphatic hydroxyl groups excluding tert-OH is 1. The molecule has 28 heavy (non-hydrogen) atoms. The third-order valence-electron chi connectivity index (χ3n) is 6.07. The second-order valence-electron chi connectivity index (χ2n) is 7.44. The molecule has 2 fully saturated rings. The predicted molar refractivity (Wildman–Crippen MR) is 112 cm³/mol. The van der Waals surface area contributed by atoms with Crippen LogP contribution in [0.5, 0.6) is 0 Å². The number of aromatic amines is 1. The van der Waals surface area contributed by atoms with Crippen LogP contribution in [-0.2, 0) is 4.79 Å². The Morgan fingerprint density at radius 2 is 2.11 bits per heavy atom. The summed E-state index contributed by atoms with van der Waals surface area (Å²) in [6.45, 7) is 0.186. The first-order chi connectivity index (χ1) is 12.7. The fourth-order valence-electron chi connectivity index (χ4n) is 4.84. The van der Waals surface area contributed by atoms with Crippen molar-refractivity contribution in [1.29, 1.82) is 0 Å². The average molecular weight is 424 g/mol. The number of rotatable bonds is 3. The van der Waals surface area contributed by atoms with Crippen LogP contribution in [0.2, 0.25) is 0 Å². The molecule has 0 spiro atoms. The second-order valence-corrected chi connectivity index (χ2v) is 7.44. The minimum absolute atomic E-state index is 0. The molecular formula is C19H23Cl2N5O2. The van der Waals surface area contributed by atoms with Gasteiger partial charge in [0.2, 0.25) is 5.96 Å². The van der Waals surface area contributed by atoms with Gasteiger partial charge >= 0.3 is 0 Å². The molecular weight excluding hydrogens is 401 g/mol. The maximum absolute atomic E-state index is 12.3.